The average molecular weight is 450 g/mol. The summed E-state index contributed by atoms with van der Waals surface area (Å²) in [7, 11) is 0.235. The molecule has 8 heteroatoms. The molecule has 2 N–H and O–H groups in total. The summed E-state index contributed by atoms with van der Waals surface area (Å²) in [6, 6.07) is 11.7. The number of carbonyl (C=O) groups is 1. The Morgan fingerprint density at radius 1 is 1.13 bits per heavy atom. The van der Waals surface area contributed by atoms with Crippen LogP contribution in [0.3, 0.4) is 0 Å². The van der Waals surface area contributed by atoms with Gasteiger partial charge in [0.15, 0.2) is 0 Å². The molecule has 0 spiro atoms. The number of amides is 1. The molecule has 2 aromatic carbocycles. The number of aryl methyl sites for hydroxylation is 1. The monoisotopic (exact) mass is 449 g/mol. The van der Waals surface area contributed by atoms with Crippen molar-refractivity contribution in [1.29, 1.82) is 0 Å². The van der Waals surface area contributed by atoms with Gasteiger partial charge >= 0.3 is 0 Å². The number of benzene rings is 2. The predicted molar refractivity (Wildman–Crippen MR) is 121 cm³/mol. The molecule has 1 fully saturated rings. The van der Waals surface area contributed by atoms with E-state index in [1.807, 2.05) is 27.1 Å². The topological polar surface area (TPSA) is 78.5 Å². The number of nitrogens with zero attached hydrogens (tertiary/aromatic N) is 1. The quantitative estimate of drug-likeness (QED) is 0.697. The van der Waals surface area contributed by atoms with Gasteiger partial charge in [-0.2, -0.15) is 0 Å². The number of nitrogens with one attached hydrogen (secondary N) is 2. The van der Waals surface area contributed by atoms with E-state index in [0.717, 1.165) is 31.2 Å². The van der Waals surface area contributed by atoms with Crippen molar-refractivity contribution in [2.75, 3.05) is 18.8 Å². The summed E-state index contributed by atoms with van der Waals surface area (Å²) in [4.78, 5) is 15.0. The highest BCUT2D eigenvalue weighted by atomic mass is 35.5. The van der Waals surface area contributed by atoms with Crippen LogP contribution in [0.4, 0.5) is 5.69 Å². The van der Waals surface area contributed by atoms with Gasteiger partial charge < -0.3 is 10.2 Å². The van der Waals surface area contributed by atoms with E-state index < -0.39 is 10.0 Å². The van der Waals surface area contributed by atoms with Gasteiger partial charge in [-0.3, -0.25) is 9.52 Å². The van der Waals surface area contributed by atoms with E-state index in [-0.39, 0.29) is 27.4 Å². The Morgan fingerprint density at radius 3 is 2.60 bits per heavy atom. The summed E-state index contributed by atoms with van der Waals surface area (Å²) < 4.78 is 28.2. The SMILES string of the molecule is Cc1cccc(NS(=O)(=O)c2ccc(Cl)c(C(=O)NC3CCCC(N(C)C)C3)c2)c1. The zero-order chi connectivity index (χ0) is 21.9. The standard InChI is InChI=1S/C22H28ClN3O3S/c1-15-6-4-8-17(12-15)25-30(28,29)19-10-11-21(23)20(14-19)22(27)24-16-7-5-9-18(13-16)26(2)3/h4,6,8,10-12,14,16,18,25H,5,7,9,13H2,1-3H3,(H,24,27). The molecule has 0 radical (unpaired) electrons. The fraction of sp³-hybridized carbons (Fsp3) is 0.409. The van der Waals surface area contributed by atoms with Crippen molar-refractivity contribution in [2.45, 2.75) is 49.6 Å². The Hall–Kier alpha value is -2.09. The molecule has 0 aliphatic heterocycles. The van der Waals surface area contributed by atoms with Gasteiger partial charge in [-0.15, -0.1) is 0 Å². The summed E-state index contributed by atoms with van der Waals surface area (Å²) in [6.07, 6.45) is 3.92. The fourth-order valence-electron chi connectivity index (χ4n) is 3.80. The Bertz CT molecular complexity index is 1020. The van der Waals surface area contributed by atoms with Crippen molar-refractivity contribution in [3.8, 4) is 0 Å². The van der Waals surface area contributed by atoms with E-state index in [9.17, 15) is 13.2 Å². The molecule has 0 bridgehead atoms. The average Bonchev–Trinajstić information content (AvgIpc) is 2.68. The van der Waals surface area contributed by atoms with Crippen LogP contribution >= 0.6 is 11.6 Å². The Labute approximate surface area is 183 Å². The lowest BCUT2D eigenvalue weighted by Gasteiger charge is -2.33. The second-order valence-corrected chi connectivity index (χ2v) is 10.2. The molecule has 0 saturated heterocycles. The minimum Gasteiger partial charge on any atom is -0.349 e. The van der Waals surface area contributed by atoms with Crippen molar-refractivity contribution in [3.05, 3.63) is 58.6 Å². The molecule has 2 unspecified atom stereocenters. The van der Waals surface area contributed by atoms with E-state index in [2.05, 4.69) is 14.9 Å². The van der Waals surface area contributed by atoms with Crippen LogP contribution in [0.2, 0.25) is 5.02 Å². The van der Waals surface area contributed by atoms with Crippen molar-refractivity contribution < 1.29 is 13.2 Å². The van der Waals surface area contributed by atoms with Crippen LogP contribution in [-0.4, -0.2) is 45.4 Å². The number of carbonyl (C=O) groups excluding carboxylic acids is 1. The molecule has 1 amide bonds. The van der Waals surface area contributed by atoms with Gasteiger partial charge in [0.05, 0.1) is 15.5 Å². The second-order valence-electron chi connectivity index (χ2n) is 8.07. The maximum Gasteiger partial charge on any atom is 0.261 e. The van der Waals surface area contributed by atoms with Gasteiger partial charge in [0.1, 0.15) is 0 Å². The largest absolute Gasteiger partial charge is 0.349 e. The van der Waals surface area contributed by atoms with Crippen LogP contribution in [0, 0.1) is 6.92 Å². The number of anilines is 1. The molecule has 0 aromatic heterocycles. The van der Waals surface area contributed by atoms with Crippen molar-refractivity contribution in [1.82, 2.24) is 10.2 Å². The molecule has 3 rings (SSSR count). The molecule has 2 atom stereocenters. The lowest BCUT2D eigenvalue weighted by molar-refractivity contribution is 0.0911. The first kappa shape index (κ1) is 22.6. The van der Waals surface area contributed by atoms with Gasteiger partial charge in [-0.1, -0.05) is 23.7 Å². The molecular formula is C22H28ClN3O3S. The molecule has 30 heavy (non-hydrogen) atoms. The van der Waals surface area contributed by atoms with Crippen LogP contribution in [0.5, 0.6) is 0 Å². The molecule has 1 saturated carbocycles. The van der Waals surface area contributed by atoms with E-state index in [1.54, 1.807) is 18.2 Å². The first-order chi connectivity index (χ1) is 14.2. The van der Waals surface area contributed by atoms with Crippen LogP contribution < -0.4 is 10.0 Å². The van der Waals surface area contributed by atoms with Crippen LogP contribution in [0.1, 0.15) is 41.6 Å². The van der Waals surface area contributed by atoms with Crippen LogP contribution in [0.15, 0.2) is 47.4 Å². The van der Waals surface area contributed by atoms with Gasteiger partial charge in [-0.25, -0.2) is 8.42 Å². The Kier molecular flexibility index (Phi) is 7.06. The number of rotatable bonds is 6. The normalized spacial score (nSPS) is 19.5. The Morgan fingerprint density at radius 2 is 1.90 bits per heavy atom. The fourth-order valence-corrected chi connectivity index (χ4v) is 5.07. The highest BCUT2D eigenvalue weighted by Crippen LogP contribution is 2.25. The minimum absolute atomic E-state index is 0.00614. The lowest BCUT2D eigenvalue weighted by atomic mass is 9.90. The van der Waals surface area contributed by atoms with Gasteiger partial charge in [0, 0.05) is 17.8 Å². The minimum atomic E-state index is -3.85. The molecule has 1 aliphatic rings. The summed E-state index contributed by atoms with van der Waals surface area (Å²) in [6.45, 7) is 1.88. The third kappa shape index (κ3) is 5.53. The molecule has 0 heterocycles. The summed E-state index contributed by atoms with van der Waals surface area (Å²) in [5, 5.41) is 3.26. The van der Waals surface area contributed by atoms with Gasteiger partial charge in [0.25, 0.3) is 15.9 Å². The molecule has 6 nitrogen and oxygen atoms in total. The maximum absolute atomic E-state index is 12.9. The van der Waals surface area contributed by atoms with Gasteiger partial charge in [0.2, 0.25) is 0 Å². The highest BCUT2D eigenvalue weighted by Gasteiger charge is 2.26. The highest BCUT2D eigenvalue weighted by molar-refractivity contribution is 7.92. The second kappa shape index (κ2) is 9.37. The third-order valence-electron chi connectivity index (χ3n) is 5.48. The first-order valence-electron chi connectivity index (χ1n) is 10.0. The number of halogens is 1. The summed E-state index contributed by atoms with van der Waals surface area (Å²) in [5.41, 5.74) is 1.57. The van der Waals surface area contributed by atoms with Crippen molar-refractivity contribution in [3.63, 3.8) is 0 Å². The van der Waals surface area contributed by atoms with E-state index >= 15 is 0 Å². The number of hydrogen-bond acceptors (Lipinski definition) is 4. The van der Waals surface area contributed by atoms with E-state index in [1.165, 1.54) is 18.2 Å². The van der Waals surface area contributed by atoms with Crippen molar-refractivity contribution in [2.24, 2.45) is 0 Å². The smallest absolute Gasteiger partial charge is 0.261 e. The zero-order valence-electron chi connectivity index (χ0n) is 17.5. The van der Waals surface area contributed by atoms with Gasteiger partial charge in [-0.05, 0) is 82.6 Å². The zero-order valence-corrected chi connectivity index (χ0v) is 19.1. The summed E-state index contributed by atoms with van der Waals surface area (Å²) >= 11 is 6.23. The third-order valence-corrected chi connectivity index (χ3v) is 7.18. The molecular weight excluding hydrogens is 422 g/mol. The van der Waals surface area contributed by atoms with Crippen molar-refractivity contribution >= 4 is 33.2 Å². The maximum atomic E-state index is 12.9. The lowest BCUT2D eigenvalue weighted by Crippen LogP contribution is -2.43. The van der Waals surface area contributed by atoms with E-state index in [4.69, 9.17) is 11.6 Å². The Balaban J connectivity index is 1.78. The summed E-state index contributed by atoms with van der Waals surface area (Å²) in [5.74, 6) is -0.350. The molecule has 1 aliphatic carbocycles. The first-order valence-corrected chi connectivity index (χ1v) is 11.9. The number of sulfonamides is 1. The molecule has 2 aromatic rings. The predicted octanol–water partition coefficient (Wildman–Crippen LogP) is 4.05. The van der Waals surface area contributed by atoms with Crippen LogP contribution in [-0.2, 0) is 10.0 Å². The molecule has 162 valence electrons. The van der Waals surface area contributed by atoms with Crippen LogP contribution in [0.25, 0.3) is 0 Å². The number of hydrogen-bond donors (Lipinski definition) is 2. The van der Waals surface area contributed by atoms with E-state index in [0.29, 0.717) is 11.7 Å².